The van der Waals surface area contributed by atoms with Crippen LogP contribution in [0.1, 0.15) is 16.1 Å². The molecule has 0 atom stereocenters. The molecular weight excluding hydrogens is 566 g/mol. The van der Waals surface area contributed by atoms with E-state index in [0.717, 1.165) is 16.8 Å². The Morgan fingerprint density at radius 3 is 2.66 bits per heavy atom. The van der Waals surface area contributed by atoms with Gasteiger partial charge in [-0.25, -0.2) is 23.1 Å². The Labute approximate surface area is 240 Å². The van der Waals surface area contributed by atoms with Gasteiger partial charge in [-0.05, 0) is 67.1 Å². The molecule has 41 heavy (non-hydrogen) atoms. The van der Waals surface area contributed by atoms with Gasteiger partial charge in [0.1, 0.15) is 0 Å². The molecule has 14 heteroatoms. The van der Waals surface area contributed by atoms with Gasteiger partial charge in [-0.1, -0.05) is 22.9 Å². The molecule has 0 unspecified atom stereocenters. The fourth-order valence-electron chi connectivity index (χ4n) is 3.75. The Morgan fingerprint density at radius 1 is 1.05 bits per heavy atom. The van der Waals surface area contributed by atoms with Crippen molar-refractivity contribution < 1.29 is 13.2 Å². The highest BCUT2D eigenvalue weighted by Gasteiger charge is 2.15. The second kappa shape index (κ2) is 12.2. The number of aryl methyl sites for hydroxylation is 1. The zero-order valence-electron chi connectivity index (χ0n) is 21.7. The minimum absolute atomic E-state index is 0.0480. The number of hydrogen-bond donors (Lipinski definition) is 3. The standard InChI is InChI=1S/C27H24ClN9O3S/c1-18-4-7-21(15-24(18)34-27-30-12-10-23(33-27)19-3-2-11-29-16-19)32-26(38)25-17-37(36-35-25)14-13-31-41(39,40)22-8-5-20(28)6-9-22/h2-12,15-17,31H,13-14H2,1H3,(H,32,38)(H,30,33,34). The van der Waals surface area contributed by atoms with Crippen molar-refractivity contribution in [2.75, 3.05) is 17.2 Å². The summed E-state index contributed by atoms with van der Waals surface area (Å²) in [5.41, 5.74) is 3.82. The summed E-state index contributed by atoms with van der Waals surface area (Å²) in [6, 6.07) is 16.8. The quantitative estimate of drug-likeness (QED) is 0.218. The lowest BCUT2D eigenvalue weighted by Gasteiger charge is -2.11. The molecule has 0 saturated carbocycles. The van der Waals surface area contributed by atoms with Crippen LogP contribution in [-0.2, 0) is 16.6 Å². The van der Waals surface area contributed by atoms with Gasteiger partial charge in [0, 0.05) is 47.1 Å². The summed E-state index contributed by atoms with van der Waals surface area (Å²) in [6.45, 7) is 2.14. The van der Waals surface area contributed by atoms with Crippen molar-refractivity contribution in [3.05, 3.63) is 102 Å². The van der Waals surface area contributed by atoms with Crippen molar-refractivity contribution in [3.8, 4) is 11.3 Å². The highest BCUT2D eigenvalue weighted by molar-refractivity contribution is 7.89. The fourth-order valence-corrected chi connectivity index (χ4v) is 4.89. The Morgan fingerprint density at radius 2 is 1.88 bits per heavy atom. The lowest BCUT2D eigenvalue weighted by Crippen LogP contribution is -2.27. The van der Waals surface area contributed by atoms with Crippen LogP contribution in [-0.4, -0.2) is 50.8 Å². The molecule has 3 aromatic heterocycles. The number of carbonyl (C=O) groups excluding carboxylic acids is 1. The Hall–Kier alpha value is -4.72. The smallest absolute Gasteiger partial charge is 0.277 e. The first-order chi connectivity index (χ1) is 19.8. The summed E-state index contributed by atoms with van der Waals surface area (Å²) >= 11 is 5.82. The molecular formula is C27H24ClN9O3S. The average molecular weight is 590 g/mol. The molecule has 2 aromatic carbocycles. The number of pyridine rings is 1. The predicted octanol–water partition coefficient (Wildman–Crippen LogP) is 4.07. The van der Waals surface area contributed by atoms with Gasteiger partial charge < -0.3 is 10.6 Å². The van der Waals surface area contributed by atoms with Crippen LogP contribution < -0.4 is 15.4 Å². The summed E-state index contributed by atoms with van der Waals surface area (Å²) in [5.74, 6) is -0.0739. The topological polar surface area (TPSA) is 157 Å². The summed E-state index contributed by atoms with van der Waals surface area (Å²) in [6.07, 6.45) is 6.52. The van der Waals surface area contributed by atoms with E-state index in [0.29, 0.717) is 22.3 Å². The monoisotopic (exact) mass is 589 g/mol. The number of carbonyl (C=O) groups is 1. The molecule has 0 spiro atoms. The van der Waals surface area contributed by atoms with Gasteiger partial charge >= 0.3 is 0 Å². The van der Waals surface area contributed by atoms with Crippen molar-refractivity contribution in [1.29, 1.82) is 0 Å². The number of halogens is 1. The van der Waals surface area contributed by atoms with Crippen molar-refractivity contribution >= 4 is 44.9 Å². The molecule has 0 aliphatic carbocycles. The maximum Gasteiger partial charge on any atom is 0.277 e. The average Bonchev–Trinajstić information content (AvgIpc) is 3.45. The van der Waals surface area contributed by atoms with Gasteiger partial charge in [-0.2, -0.15) is 0 Å². The number of nitrogens with one attached hydrogen (secondary N) is 3. The lowest BCUT2D eigenvalue weighted by atomic mass is 10.1. The van der Waals surface area contributed by atoms with E-state index in [4.69, 9.17) is 11.6 Å². The van der Waals surface area contributed by atoms with Crippen molar-refractivity contribution in [1.82, 2.24) is 34.7 Å². The van der Waals surface area contributed by atoms with E-state index >= 15 is 0 Å². The predicted molar refractivity (Wildman–Crippen MR) is 154 cm³/mol. The molecule has 0 bridgehead atoms. The van der Waals surface area contributed by atoms with Crippen LogP contribution in [0, 0.1) is 6.92 Å². The van der Waals surface area contributed by atoms with Gasteiger partial charge in [0.25, 0.3) is 5.91 Å². The molecule has 0 radical (unpaired) electrons. The van der Waals surface area contributed by atoms with Crippen molar-refractivity contribution in [2.24, 2.45) is 0 Å². The first kappa shape index (κ1) is 27.8. The Kier molecular flexibility index (Phi) is 8.29. The number of amides is 1. The van der Waals surface area contributed by atoms with Crippen LogP contribution in [0.3, 0.4) is 0 Å². The van der Waals surface area contributed by atoms with Gasteiger partial charge in [-0.3, -0.25) is 14.5 Å². The second-order valence-electron chi connectivity index (χ2n) is 8.83. The van der Waals surface area contributed by atoms with Gasteiger partial charge in [0.2, 0.25) is 16.0 Å². The molecule has 5 rings (SSSR count). The van der Waals surface area contributed by atoms with Crippen LogP contribution in [0.4, 0.5) is 17.3 Å². The van der Waals surface area contributed by atoms with Crippen molar-refractivity contribution in [3.63, 3.8) is 0 Å². The van der Waals surface area contributed by atoms with E-state index < -0.39 is 15.9 Å². The SMILES string of the molecule is Cc1ccc(NC(=O)c2cn(CCNS(=O)(=O)c3ccc(Cl)cc3)nn2)cc1Nc1nccc(-c2cccnc2)n1. The molecule has 1 amide bonds. The molecule has 208 valence electrons. The normalized spacial score (nSPS) is 11.3. The first-order valence-corrected chi connectivity index (χ1v) is 14.2. The van der Waals surface area contributed by atoms with Crippen LogP contribution in [0.2, 0.25) is 5.02 Å². The number of benzene rings is 2. The summed E-state index contributed by atoms with van der Waals surface area (Å²) < 4.78 is 28.7. The third kappa shape index (κ3) is 7.08. The number of sulfonamides is 1. The summed E-state index contributed by atoms with van der Waals surface area (Å²) in [7, 11) is -3.71. The number of aromatic nitrogens is 6. The molecule has 0 fully saturated rings. The molecule has 12 nitrogen and oxygen atoms in total. The lowest BCUT2D eigenvalue weighted by molar-refractivity contribution is 0.102. The number of rotatable bonds is 10. The van der Waals surface area contributed by atoms with E-state index in [-0.39, 0.29) is 23.7 Å². The second-order valence-corrected chi connectivity index (χ2v) is 11.0. The van der Waals surface area contributed by atoms with E-state index in [1.807, 2.05) is 25.1 Å². The number of hydrogen-bond acceptors (Lipinski definition) is 9. The van der Waals surface area contributed by atoms with E-state index in [2.05, 4.69) is 40.6 Å². The van der Waals surface area contributed by atoms with Crippen LogP contribution in [0.25, 0.3) is 11.3 Å². The van der Waals surface area contributed by atoms with Crippen molar-refractivity contribution in [2.45, 2.75) is 18.4 Å². The first-order valence-electron chi connectivity index (χ1n) is 12.3. The minimum Gasteiger partial charge on any atom is -0.324 e. The zero-order chi connectivity index (χ0) is 28.8. The van der Waals surface area contributed by atoms with E-state index in [1.54, 1.807) is 36.8 Å². The molecule has 3 heterocycles. The van der Waals surface area contributed by atoms with Gasteiger partial charge in [0.05, 0.1) is 23.3 Å². The maximum atomic E-state index is 12.8. The zero-order valence-corrected chi connectivity index (χ0v) is 23.3. The number of anilines is 3. The Bertz CT molecular complexity index is 1780. The molecule has 0 aliphatic heterocycles. The van der Waals surface area contributed by atoms with Crippen LogP contribution >= 0.6 is 11.6 Å². The summed E-state index contributed by atoms with van der Waals surface area (Å²) in [4.78, 5) is 25.9. The largest absolute Gasteiger partial charge is 0.324 e. The van der Waals surface area contributed by atoms with E-state index in [9.17, 15) is 13.2 Å². The van der Waals surface area contributed by atoms with Crippen LogP contribution in [0.5, 0.6) is 0 Å². The third-order valence-corrected chi connectivity index (χ3v) is 7.61. The molecule has 5 aromatic rings. The van der Waals surface area contributed by atoms with Gasteiger partial charge in [-0.15, -0.1) is 5.10 Å². The fraction of sp³-hybridized carbons (Fsp3) is 0.111. The molecule has 0 saturated heterocycles. The highest BCUT2D eigenvalue weighted by atomic mass is 35.5. The van der Waals surface area contributed by atoms with Crippen LogP contribution in [0.15, 0.2) is 90.3 Å². The summed E-state index contributed by atoms with van der Waals surface area (Å²) in [5, 5.41) is 14.3. The highest BCUT2D eigenvalue weighted by Crippen LogP contribution is 2.24. The third-order valence-electron chi connectivity index (χ3n) is 5.88. The van der Waals surface area contributed by atoms with E-state index in [1.165, 1.54) is 35.1 Å². The number of nitrogens with zero attached hydrogens (tertiary/aromatic N) is 6. The molecule has 3 N–H and O–H groups in total. The molecule has 0 aliphatic rings. The minimum atomic E-state index is -3.71. The Balaban J connectivity index is 1.20. The van der Waals surface area contributed by atoms with Gasteiger partial charge in [0.15, 0.2) is 5.69 Å². The maximum absolute atomic E-state index is 12.8.